The first kappa shape index (κ1) is 15.1. The SMILES string of the molecule is CN=C(NCC1CCCCCCC1)NC1CC2CCC1O2. The molecule has 4 nitrogen and oxygen atoms in total. The predicted octanol–water partition coefficient (Wildman–Crippen LogP) is 2.83. The standard InChI is InChI=1S/C17H31N3O/c1-18-17(20-15-11-14-9-10-16(15)21-14)19-12-13-7-5-3-2-4-6-8-13/h13-16H,2-12H2,1H3,(H2,18,19,20). The third-order valence-electron chi connectivity index (χ3n) is 5.43. The van der Waals surface area contributed by atoms with Gasteiger partial charge in [0.25, 0.3) is 0 Å². The minimum Gasteiger partial charge on any atom is -0.373 e. The lowest BCUT2D eigenvalue weighted by atomic mass is 9.91. The van der Waals surface area contributed by atoms with Gasteiger partial charge < -0.3 is 15.4 Å². The molecule has 1 aliphatic carbocycles. The Bertz CT molecular complexity index is 350. The lowest BCUT2D eigenvalue weighted by Crippen LogP contribution is -2.48. The molecule has 0 aromatic rings. The Balaban J connectivity index is 1.42. The third kappa shape index (κ3) is 4.12. The van der Waals surface area contributed by atoms with Crippen molar-refractivity contribution in [3.63, 3.8) is 0 Å². The second-order valence-corrected chi connectivity index (χ2v) is 7.02. The first-order valence-electron chi connectivity index (χ1n) is 8.98. The Hall–Kier alpha value is -0.770. The lowest BCUT2D eigenvalue weighted by Gasteiger charge is -2.25. The summed E-state index contributed by atoms with van der Waals surface area (Å²) in [6, 6.07) is 0.465. The maximum absolute atomic E-state index is 5.91. The Morgan fingerprint density at radius 2 is 1.81 bits per heavy atom. The van der Waals surface area contributed by atoms with E-state index in [0.29, 0.717) is 18.2 Å². The molecule has 3 unspecified atom stereocenters. The van der Waals surface area contributed by atoms with Crippen LogP contribution >= 0.6 is 0 Å². The van der Waals surface area contributed by atoms with Gasteiger partial charge in [0.2, 0.25) is 0 Å². The Morgan fingerprint density at radius 1 is 1.05 bits per heavy atom. The van der Waals surface area contributed by atoms with E-state index >= 15 is 0 Å². The molecule has 120 valence electrons. The van der Waals surface area contributed by atoms with E-state index in [1.54, 1.807) is 0 Å². The fourth-order valence-corrected chi connectivity index (χ4v) is 4.15. The summed E-state index contributed by atoms with van der Waals surface area (Å²) in [6.07, 6.45) is 14.4. The van der Waals surface area contributed by atoms with E-state index in [9.17, 15) is 0 Å². The van der Waals surface area contributed by atoms with E-state index in [-0.39, 0.29) is 0 Å². The average molecular weight is 293 g/mol. The van der Waals surface area contributed by atoms with Crippen LogP contribution in [-0.4, -0.2) is 37.8 Å². The van der Waals surface area contributed by atoms with Crippen molar-refractivity contribution in [1.29, 1.82) is 0 Å². The van der Waals surface area contributed by atoms with Crippen molar-refractivity contribution in [3.05, 3.63) is 0 Å². The highest BCUT2D eigenvalue weighted by molar-refractivity contribution is 5.80. The zero-order valence-electron chi connectivity index (χ0n) is 13.4. The summed E-state index contributed by atoms with van der Waals surface area (Å²) in [7, 11) is 1.88. The molecule has 2 heterocycles. The molecule has 0 aromatic heterocycles. The highest BCUT2D eigenvalue weighted by Crippen LogP contribution is 2.34. The number of nitrogens with one attached hydrogen (secondary N) is 2. The number of fused-ring (bicyclic) bond motifs is 2. The van der Waals surface area contributed by atoms with E-state index in [0.717, 1.165) is 24.8 Å². The maximum atomic E-state index is 5.91. The van der Waals surface area contributed by atoms with Gasteiger partial charge in [0, 0.05) is 13.6 Å². The molecule has 2 bridgehead atoms. The summed E-state index contributed by atoms with van der Waals surface area (Å²) in [5.74, 6) is 1.79. The highest BCUT2D eigenvalue weighted by atomic mass is 16.5. The van der Waals surface area contributed by atoms with Crippen LogP contribution in [0.5, 0.6) is 0 Å². The van der Waals surface area contributed by atoms with E-state index in [1.807, 2.05) is 7.05 Å². The van der Waals surface area contributed by atoms with Crippen LogP contribution in [0.1, 0.15) is 64.2 Å². The third-order valence-corrected chi connectivity index (χ3v) is 5.43. The molecule has 3 atom stereocenters. The lowest BCUT2D eigenvalue weighted by molar-refractivity contribution is 0.0992. The Labute approximate surface area is 129 Å². The van der Waals surface area contributed by atoms with Gasteiger partial charge in [-0.3, -0.25) is 4.99 Å². The summed E-state index contributed by atoms with van der Waals surface area (Å²) >= 11 is 0. The van der Waals surface area contributed by atoms with Crippen LogP contribution in [0.3, 0.4) is 0 Å². The van der Waals surface area contributed by atoms with Gasteiger partial charge in [-0.15, -0.1) is 0 Å². The number of rotatable bonds is 3. The van der Waals surface area contributed by atoms with Gasteiger partial charge in [-0.05, 0) is 38.0 Å². The normalized spacial score (nSPS) is 34.5. The molecule has 0 spiro atoms. The van der Waals surface area contributed by atoms with Crippen LogP contribution in [-0.2, 0) is 4.74 Å². The van der Waals surface area contributed by atoms with Gasteiger partial charge >= 0.3 is 0 Å². The summed E-state index contributed by atoms with van der Waals surface area (Å²) in [6.45, 7) is 1.07. The molecule has 21 heavy (non-hydrogen) atoms. The molecular formula is C17H31N3O. The summed E-state index contributed by atoms with van der Waals surface area (Å²) in [4.78, 5) is 4.40. The first-order valence-corrected chi connectivity index (χ1v) is 8.98. The Kier molecular flexibility index (Phi) is 5.39. The van der Waals surface area contributed by atoms with Gasteiger partial charge in [-0.1, -0.05) is 32.1 Å². The molecule has 0 amide bonds. The molecule has 0 radical (unpaired) electrons. The van der Waals surface area contributed by atoms with Crippen LogP contribution in [0.4, 0.5) is 0 Å². The van der Waals surface area contributed by atoms with Gasteiger partial charge in [0.05, 0.1) is 18.2 Å². The highest BCUT2D eigenvalue weighted by Gasteiger charge is 2.41. The predicted molar refractivity (Wildman–Crippen MR) is 86.6 cm³/mol. The number of hydrogen-bond donors (Lipinski definition) is 2. The maximum Gasteiger partial charge on any atom is 0.191 e. The molecule has 2 saturated heterocycles. The quantitative estimate of drug-likeness (QED) is 0.621. The zero-order chi connectivity index (χ0) is 14.5. The smallest absolute Gasteiger partial charge is 0.191 e. The molecule has 0 aromatic carbocycles. The molecule has 2 N–H and O–H groups in total. The Morgan fingerprint density at radius 3 is 2.43 bits per heavy atom. The summed E-state index contributed by atoms with van der Waals surface area (Å²) < 4.78 is 5.91. The van der Waals surface area contributed by atoms with E-state index in [1.165, 1.54) is 57.8 Å². The van der Waals surface area contributed by atoms with E-state index in [2.05, 4.69) is 15.6 Å². The average Bonchev–Trinajstić information content (AvgIpc) is 3.07. The van der Waals surface area contributed by atoms with Crippen LogP contribution in [0, 0.1) is 5.92 Å². The molecule has 4 heteroatoms. The van der Waals surface area contributed by atoms with Gasteiger partial charge in [0.1, 0.15) is 0 Å². The van der Waals surface area contributed by atoms with Crippen molar-refractivity contribution in [2.75, 3.05) is 13.6 Å². The number of hydrogen-bond acceptors (Lipinski definition) is 2. The molecule has 1 saturated carbocycles. The molecule has 3 aliphatic rings. The summed E-state index contributed by atoms with van der Waals surface area (Å²) in [5.41, 5.74) is 0. The van der Waals surface area contributed by atoms with Crippen molar-refractivity contribution in [2.24, 2.45) is 10.9 Å². The fraction of sp³-hybridized carbons (Fsp3) is 0.941. The largest absolute Gasteiger partial charge is 0.373 e. The van der Waals surface area contributed by atoms with E-state index in [4.69, 9.17) is 4.74 Å². The minimum atomic E-state index is 0.412. The molecule has 3 fully saturated rings. The van der Waals surface area contributed by atoms with E-state index < -0.39 is 0 Å². The van der Waals surface area contributed by atoms with Crippen molar-refractivity contribution in [2.45, 2.75) is 82.5 Å². The van der Waals surface area contributed by atoms with Crippen LogP contribution in [0.15, 0.2) is 4.99 Å². The first-order chi connectivity index (χ1) is 10.3. The van der Waals surface area contributed by atoms with Crippen molar-refractivity contribution in [3.8, 4) is 0 Å². The molecule has 2 aliphatic heterocycles. The second kappa shape index (κ2) is 7.48. The monoisotopic (exact) mass is 293 g/mol. The summed E-state index contributed by atoms with van der Waals surface area (Å²) in [5, 5.41) is 7.14. The number of guanidine groups is 1. The number of nitrogens with zero attached hydrogens (tertiary/aromatic N) is 1. The van der Waals surface area contributed by atoms with Gasteiger partial charge in [-0.25, -0.2) is 0 Å². The number of ether oxygens (including phenoxy) is 1. The second-order valence-electron chi connectivity index (χ2n) is 7.02. The molecular weight excluding hydrogens is 262 g/mol. The van der Waals surface area contributed by atoms with Crippen molar-refractivity contribution < 1.29 is 4.74 Å². The van der Waals surface area contributed by atoms with Gasteiger partial charge in [0.15, 0.2) is 5.96 Å². The number of aliphatic imine (C=N–C) groups is 1. The topological polar surface area (TPSA) is 45.7 Å². The zero-order valence-corrected chi connectivity index (χ0v) is 13.4. The molecule has 3 rings (SSSR count). The van der Waals surface area contributed by atoms with Gasteiger partial charge in [-0.2, -0.15) is 0 Å². The van der Waals surface area contributed by atoms with Crippen LogP contribution < -0.4 is 10.6 Å². The minimum absolute atomic E-state index is 0.412. The van der Waals surface area contributed by atoms with Crippen LogP contribution in [0.2, 0.25) is 0 Å². The van der Waals surface area contributed by atoms with Crippen LogP contribution in [0.25, 0.3) is 0 Å². The van der Waals surface area contributed by atoms with Crippen molar-refractivity contribution in [1.82, 2.24) is 10.6 Å². The van der Waals surface area contributed by atoms with Crippen molar-refractivity contribution >= 4 is 5.96 Å². The fourth-order valence-electron chi connectivity index (χ4n) is 4.15.